The van der Waals surface area contributed by atoms with E-state index in [1.165, 1.54) is 0 Å². The second kappa shape index (κ2) is 8.13. The molecule has 0 bridgehead atoms. The Labute approximate surface area is 162 Å². The molecule has 0 atom stereocenters. The highest BCUT2D eigenvalue weighted by atomic mass is 16.3. The third-order valence-electron chi connectivity index (χ3n) is 5.62. The maximum Gasteiger partial charge on any atom is 0.253 e. The van der Waals surface area contributed by atoms with E-state index in [0.29, 0.717) is 18.5 Å². The number of carbonyl (C=O) groups excluding carboxylic acids is 1. The van der Waals surface area contributed by atoms with Crippen LogP contribution < -0.4 is 4.90 Å². The first-order valence-corrected chi connectivity index (χ1v) is 9.74. The highest BCUT2D eigenvalue weighted by Gasteiger charge is 2.31. The normalized spacial score (nSPS) is 15.6. The second-order valence-electron chi connectivity index (χ2n) is 7.93. The highest BCUT2D eigenvalue weighted by Crippen LogP contribution is 2.32. The summed E-state index contributed by atoms with van der Waals surface area (Å²) in [6.07, 6.45) is 4.55. The van der Waals surface area contributed by atoms with E-state index in [4.69, 9.17) is 0 Å². The molecule has 0 saturated heterocycles. The van der Waals surface area contributed by atoms with E-state index in [1.54, 1.807) is 4.90 Å². The first kappa shape index (κ1) is 19.4. The standard InChI is InChI=1S/C23H30N2O2/c1-24(2)21-8-6-7-20(17-21)18-9-11-19(12-10-18)22(26)25(3)16-15-23(27)13-4-5-14-23/h6-12,17,27H,4-5,13-16H2,1-3H3. The van der Waals surface area contributed by atoms with Crippen LogP contribution in [-0.2, 0) is 0 Å². The van der Waals surface area contributed by atoms with E-state index in [1.807, 2.05) is 51.5 Å². The lowest BCUT2D eigenvalue weighted by molar-refractivity contribution is 0.0296. The van der Waals surface area contributed by atoms with Crippen LogP contribution in [0.5, 0.6) is 0 Å². The molecule has 0 aliphatic heterocycles. The Bertz CT molecular complexity index is 777. The molecule has 1 aliphatic rings. The fourth-order valence-electron chi connectivity index (χ4n) is 3.75. The topological polar surface area (TPSA) is 43.8 Å². The summed E-state index contributed by atoms with van der Waals surface area (Å²) in [4.78, 5) is 16.5. The lowest BCUT2D eigenvalue weighted by Gasteiger charge is -2.26. The van der Waals surface area contributed by atoms with E-state index in [-0.39, 0.29) is 5.91 Å². The van der Waals surface area contributed by atoms with Gasteiger partial charge >= 0.3 is 0 Å². The summed E-state index contributed by atoms with van der Waals surface area (Å²) in [5.41, 5.74) is 3.49. The summed E-state index contributed by atoms with van der Waals surface area (Å²) in [5.74, 6) is 0.00480. The van der Waals surface area contributed by atoms with Crippen LogP contribution in [0, 0.1) is 0 Å². The van der Waals surface area contributed by atoms with Crippen LogP contribution in [0.2, 0.25) is 0 Å². The van der Waals surface area contributed by atoms with Crippen LogP contribution in [0.25, 0.3) is 11.1 Å². The van der Waals surface area contributed by atoms with Crippen molar-refractivity contribution in [2.75, 3.05) is 32.6 Å². The molecule has 1 N–H and O–H groups in total. The SMILES string of the molecule is CN(CCC1(O)CCCC1)C(=O)c1ccc(-c2cccc(N(C)C)c2)cc1. The Morgan fingerprint density at radius 1 is 1.00 bits per heavy atom. The number of hydrogen-bond acceptors (Lipinski definition) is 3. The van der Waals surface area contributed by atoms with Gasteiger partial charge in [-0.3, -0.25) is 4.79 Å². The lowest BCUT2D eigenvalue weighted by atomic mass is 9.97. The van der Waals surface area contributed by atoms with E-state index in [0.717, 1.165) is 42.5 Å². The Morgan fingerprint density at radius 2 is 1.67 bits per heavy atom. The van der Waals surface area contributed by atoms with Gasteiger partial charge in [0.1, 0.15) is 0 Å². The number of benzene rings is 2. The summed E-state index contributed by atoms with van der Waals surface area (Å²) in [5, 5.41) is 10.5. The molecule has 0 heterocycles. The van der Waals surface area contributed by atoms with E-state index in [2.05, 4.69) is 23.1 Å². The molecule has 0 spiro atoms. The Balaban J connectivity index is 1.65. The zero-order valence-corrected chi connectivity index (χ0v) is 16.6. The average Bonchev–Trinajstić information content (AvgIpc) is 3.12. The fourth-order valence-corrected chi connectivity index (χ4v) is 3.75. The quantitative estimate of drug-likeness (QED) is 0.834. The van der Waals surface area contributed by atoms with Crippen LogP contribution in [0.3, 0.4) is 0 Å². The van der Waals surface area contributed by atoms with Crippen LogP contribution in [-0.4, -0.2) is 49.2 Å². The Kier molecular flexibility index (Phi) is 5.85. The largest absolute Gasteiger partial charge is 0.390 e. The minimum absolute atomic E-state index is 0.00480. The molecule has 2 aromatic rings. The number of nitrogens with zero attached hydrogens (tertiary/aromatic N) is 2. The van der Waals surface area contributed by atoms with Crippen molar-refractivity contribution in [1.82, 2.24) is 4.90 Å². The van der Waals surface area contributed by atoms with E-state index >= 15 is 0 Å². The first-order chi connectivity index (χ1) is 12.9. The molecule has 0 aromatic heterocycles. The van der Waals surface area contributed by atoms with Crippen LogP contribution in [0.4, 0.5) is 5.69 Å². The molecule has 1 aliphatic carbocycles. The highest BCUT2D eigenvalue weighted by molar-refractivity contribution is 5.94. The van der Waals surface area contributed by atoms with Gasteiger partial charge in [0.05, 0.1) is 5.60 Å². The number of hydrogen-bond donors (Lipinski definition) is 1. The molecule has 2 aromatic carbocycles. The molecule has 4 heteroatoms. The van der Waals surface area contributed by atoms with Crippen molar-refractivity contribution >= 4 is 11.6 Å². The first-order valence-electron chi connectivity index (χ1n) is 9.74. The summed E-state index contributed by atoms with van der Waals surface area (Å²) < 4.78 is 0. The van der Waals surface area contributed by atoms with E-state index < -0.39 is 5.60 Å². The maximum atomic E-state index is 12.7. The van der Waals surface area contributed by atoms with Gasteiger partial charge in [0.15, 0.2) is 0 Å². The van der Waals surface area contributed by atoms with Crippen molar-refractivity contribution in [3.05, 3.63) is 54.1 Å². The van der Waals surface area contributed by atoms with Crippen molar-refractivity contribution < 1.29 is 9.90 Å². The minimum Gasteiger partial charge on any atom is -0.390 e. The molecule has 27 heavy (non-hydrogen) atoms. The van der Waals surface area contributed by atoms with Crippen molar-refractivity contribution in [3.63, 3.8) is 0 Å². The number of amides is 1. The lowest BCUT2D eigenvalue weighted by Crippen LogP contribution is -2.34. The number of rotatable bonds is 6. The van der Waals surface area contributed by atoms with Crippen LogP contribution in [0.15, 0.2) is 48.5 Å². The third kappa shape index (κ3) is 4.69. The molecule has 0 radical (unpaired) electrons. The van der Waals surface area contributed by atoms with Crippen LogP contribution in [0.1, 0.15) is 42.5 Å². The van der Waals surface area contributed by atoms with Gasteiger partial charge in [-0.15, -0.1) is 0 Å². The summed E-state index contributed by atoms with van der Waals surface area (Å²) in [6.45, 7) is 0.585. The molecule has 144 valence electrons. The molecule has 4 nitrogen and oxygen atoms in total. The van der Waals surface area contributed by atoms with Crippen LogP contribution >= 0.6 is 0 Å². The third-order valence-corrected chi connectivity index (χ3v) is 5.62. The Morgan fingerprint density at radius 3 is 2.30 bits per heavy atom. The van der Waals surface area contributed by atoms with Gasteiger partial charge in [-0.2, -0.15) is 0 Å². The smallest absolute Gasteiger partial charge is 0.253 e. The van der Waals surface area contributed by atoms with Gasteiger partial charge in [0.25, 0.3) is 5.91 Å². The van der Waals surface area contributed by atoms with E-state index in [9.17, 15) is 9.90 Å². The molecule has 1 amide bonds. The minimum atomic E-state index is -0.574. The number of anilines is 1. The molecular weight excluding hydrogens is 336 g/mol. The summed E-state index contributed by atoms with van der Waals surface area (Å²) in [7, 11) is 5.87. The number of aliphatic hydroxyl groups is 1. The predicted molar refractivity (Wildman–Crippen MR) is 111 cm³/mol. The van der Waals surface area contributed by atoms with Gasteiger partial charge in [-0.25, -0.2) is 0 Å². The zero-order valence-electron chi connectivity index (χ0n) is 16.6. The molecule has 3 rings (SSSR count). The van der Waals surface area contributed by atoms with Gasteiger partial charge in [0.2, 0.25) is 0 Å². The Hall–Kier alpha value is -2.33. The maximum absolute atomic E-state index is 12.7. The zero-order chi connectivity index (χ0) is 19.4. The van der Waals surface area contributed by atoms with Gasteiger partial charge in [-0.05, 0) is 54.7 Å². The summed E-state index contributed by atoms with van der Waals surface area (Å²) >= 11 is 0. The summed E-state index contributed by atoms with van der Waals surface area (Å²) in [6, 6.07) is 16.1. The fraction of sp³-hybridized carbons (Fsp3) is 0.435. The van der Waals surface area contributed by atoms with Crippen molar-refractivity contribution in [2.45, 2.75) is 37.7 Å². The molecule has 1 saturated carbocycles. The monoisotopic (exact) mass is 366 g/mol. The molecular formula is C23H30N2O2. The van der Waals surface area contributed by atoms with Gasteiger partial charge < -0.3 is 14.9 Å². The second-order valence-corrected chi connectivity index (χ2v) is 7.93. The van der Waals surface area contributed by atoms with Crippen molar-refractivity contribution in [2.24, 2.45) is 0 Å². The van der Waals surface area contributed by atoms with Gasteiger partial charge in [0, 0.05) is 38.9 Å². The average molecular weight is 367 g/mol. The van der Waals surface area contributed by atoms with Gasteiger partial charge in [-0.1, -0.05) is 37.1 Å². The number of carbonyl (C=O) groups is 1. The predicted octanol–water partition coefficient (Wildman–Crippen LogP) is 4.19. The molecule has 0 unspecified atom stereocenters. The van der Waals surface area contributed by atoms with Crippen molar-refractivity contribution in [1.29, 1.82) is 0 Å². The molecule has 1 fully saturated rings. The van der Waals surface area contributed by atoms with Crippen molar-refractivity contribution in [3.8, 4) is 11.1 Å².